The summed E-state index contributed by atoms with van der Waals surface area (Å²) in [7, 11) is 0. The third-order valence-electron chi connectivity index (χ3n) is 2.65. The lowest BCUT2D eigenvalue weighted by Crippen LogP contribution is -2.26. The highest BCUT2D eigenvalue weighted by atomic mass is 27.1. The molecule has 15 heavy (non-hydrogen) atoms. The highest BCUT2D eigenvalue weighted by molar-refractivity contribution is 6.67. The van der Waals surface area contributed by atoms with Crippen molar-refractivity contribution in [2.75, 3.05) is 0 Å². The Morgan fingerprint density at radius 2 is 0.933 bits per heavy atom. The van der Waals surface area contributed by atoms with Crippen LogP contribution in [0.3, 0.4) is 0 Å². The first kappa shape index (κ1) is 10.5. The zero-order chi connectivity index (χ0) is 10.7. The van der Waals surface area contributed by atoms with Crippen molar-refractivity contribution in [2.45, 2.75) is 13.8 Å². The van der Waals surface area contributed by atoms with E-state index >= 15 is 0 Å². The Kier molecular flexibility index (Phi) is 3.26. The first-order chi connectivity index (χ1) is 7.24. The van der Waals surface area contributed by atoms with Crippen LogP contribution in [0.5, 0.6) is 0 Å². The summed E-state index contributed by atoms with van der Waals surface area (Å²) in [6.07, 6.45) is 0. The fraction of sp³-hybridized carbons (Fsp3) is 0.143. The standard InChI is InChI=1S/2C7H7.Al.H/c2*1-7-5-3-2-4-6-7;;/h2*3-6H,1H3;;. The van der Waals surface area contributed by atoms with E-state index in [9.17, 15) is 0 Å². The van der Waals surface area contributed by atoms with Gasteiger partial charge in [-0.1, -0.05) is 59.7 Å². The van der Waals surface area contributed by atoms with Crippen molar-refractivity contribution in [1.29, 1.82) is 0 Å². The van der Waals surface area contributed by atoms with Crippen molar-refractivity contribution in [3.63, 3.8) is 0 Å². The third kappa shape index (κ3) is 2.96. The molecule has 0 aliphatic carbocycles. The average molecular weight is 210 g/mol. The SMILES string of the molecule is Cc1cc[c]([AlH][c]2ccc(C)cc2)cc1. The molecule has 0 aliphatic heterocycles. The van der Waals surface area contributed by atoms with Crippen LogP contribution < -0.4 is 8.85 Å². The van der Waals surface area contributed by atoms with E-state index in [1.165, 1.54) is 20.0 Å². The maximum Gasteiger partial charge on any atom is 0.323 e. The second-order valence-corrected chi connectivity index (χ2v) is 6.13. The van der Waals surface area contributed by atoms with E-state index in [1.807, 2.05) is 0 Å². The van der Waals surface area contributed by atoms with E-state index in [-0.39, 0.29) is 15.2 Å². The number of hydrogen-bond donors (Lipinski definition) is 0. The normalized spacial score (nSPS) is 10.0. The molecule has 2 aromatic carbocycles. The molecule has 0 bridgehead atoms. The summed E-state index contributed by atoms with van der Waals surface area (Å²) in [6.45, 7) is 4.27. The van der Waals surface area contributed by atoms with E-state index < -0.39 is 0 Å². The molecule has 0 nitrogen and oxygen atoms in total. The minimum atomic E-state index is -0.266. The van der Waals surface area contributed by atoms with Crippen LogP contribution in [0.2, 0.25) is 0 Å². The minimum Gasteiger partial charge on any atom is -0.109 e. The van der Waals surface area contributed by atoms with Gasteiger partial charge in [-0.2, -0.15) is 0 Å². The Balaban J connectivity index is 2.15. The Morgan fingerprint density at radius 3 is 1.27 bits per heavy atom. The summed E-state index contributed by atoms with van der Waals surface area (Å²) in [5, 5.41) is 0. The summed E-state index contributed by atoms with van der Waals surface area (Å²) < 4.78 is 3.04. The van der Waals surface area contributed by atoms with Crippen LogP contribution >= 0.6 is 0 Å². The van der Waals surface area contributed by atoms with Crippen molar-refractivity contribution in [2.24, 2.45) is 0 Å². The first-order valence-electron chi connectivity index (χ1n) is 5.35. The maximum atomic E-state index is 2.27. The highest BCUT2D eigenvalue weighted by Crippen LogP contribution is 1.94. The predicted molar refractivity (Wildman–Crippen MR) is 68.8 cm³/mol. The second kappa shape index (κ2) is 4.66. The Bertz CT molecular complexity index is 382. The van der Waals surface area contributed by atoms with Crippen LogP contribution in [0, 0.1) is 13.8 Å². The lowest BCUT2D eigenvalue weighted by molar-refractivity contribution is 1.48. The van der Waals surface area contributed by atoms with E-state index in [2.05, 4.69) is 62.4 Å². The zero-order valence-electron chi connectivity index (χ0n) is 9.33. The average Bonchev–Trinajstić information content (AvgIpc) is 2.25. The van der Waals surface area contributed by atoms with Gasteiger partial charge in [0.25, 0.3) is 0 Å². The molecule has 0 aromatic heterocycles. The van der Waals surface area contributed by atoms with Gasteiger partial charge in [-0.25, -0.2) is 0 Å². The minimum absolute atomic E-state index is 0.266. The summed E-state index contributed by atoms with van der Waals surface area (Å²) >= 11 is -0.266. The molecule has 0 unspecified atom stereocenters. The molecule has 74 valence electrons. The second-order valence-electron chi connectivity index (χ2n) is 4.15. The van der Waals surface area contributed by atoms with Gasteiger partial charge in [-0.05, 0) is 13.8 Å². The van der Waals surface area contributed by atoms with E-state index in [4.69, 9.17) is 0 Å². The molecule has 0 radical (unpaired) electrons. The topological polar surface area (TPSA) is 0 Å². The molecular formula is C14H15Al. The molecule has 0 amide bonds. The Labute approximate surface area is 97.7 Å². The molecule has 0 fully saturated rings. The van der Waals surface area contributed by atoms with Gasteiger partial charge in [-0.3, -0.25) is 0 Å². The number of benzene rings is 2. The van der Waals surface area contributed by atoms with Crippen molar-refractivity contribution in [3.8, 4) is 0 Å². The molecule has 1 heteroatoms. The van der Waals surface area contributed by atoms with E-state index in [0.29, 0.717) is 0 Å². The van der Waals surface area contributed by atoms with Crippen LogP contribution in [0.4, 0.5) is 0 Å². The first-order valence-corrected chi connectivity index (χ1v) is 6.76. The molecule has 0 spiro atoms. The smallest absolute Gasteiger partial charge is 0.109 e. The third-order valence-corrected chi connectivity index (χ3v) is 4.41. The zero-order valence-corrected chi connectivity index (χ0v) is 10.7. The Hall–Kier alpha value is -1.03. The van der Waals surface area contributed by atoms with Gasteiger partial charge in [-0.15, -0.1) is 8.85 Å². The largest absolute Gasteiger partial charge is 0.323 e. The molecule has 2 rings (SSSR count). The molecule has 0 atom stereocenters. The van der Waals surface area contributed by atoms with Gasteiger partial charge in [0.1, 0.15) is 0 Å². The molecule has 0 saturated carbocycles. The van der Waals surface area contributed by atoms with Gasteiger partial charge in [0.2, 0.25) is 0 Å². The van der Waals surface area contributed by atoms with E-state index in [0.717, 1.165) is 0 Å². The maximum absolute atomic E-state index is 2.27. The fourth-order valence-corrected chi connectivity index (χ4v) is 3.06. The van der Waals surface area contributed by atoms with Crippen molar-refractivity contribution in [1.82, 2.24) is 0 Å². The predicted octanol–water partition coefficient (Wildman–Crippen LogP) is 1.69. The summed E-state index contributed by atoms with van der Waals surface area (Å²) in [6, 6.07) is 17.9. The van der Waals surface area contributed by atoms with Crippen molar-refractivity contribution < 1.29 is 0 Å². The number of aryl methyl sites for hydroxylation is 2. The summed E-state index contributed by atoms with van der Waals surface area (Å²) in [4.78, 5) is 0. The van der Waals surface area contributed by atoms with Gasteiger partial charge < -0.3 is 0 Å². The molecule has 0 aliphatic rings. The van der Waals surface area contributed by atoms with E-state index in [1.54, 1.807) is 0 Å². The molecule has 2 aromatic rings. The number of rotatable bonds is 2. The van der Waals surface area contributed by atoms with Crippen LogP contribution in [-0.2, 0) is 0 Å². The highest BCUT2D eigenvalue weighted by Gasteiger charge is 1.99. The van der Waals surface area contributed by atoms with Crippen LogP contribution in [0.25, 0.3) is 0 Å². The lowest BCUT2D eigenvalue weighted by atomic mass is 10.2. The quantitative estimate of drug-likeness (QED) is 0.662. The van der Waals surface area contributed by atoms with Crippen LogP contribution in [0.1, 0.15) is 11.1 Å². The Morgan fingerprint density at radius 1 is 0.600 bits per heavy atom. The summed E-state index contributed by atoms with van der Waals surface area (Å²) in [5.41, 5.74) is 2.69. The van der Waals surface area contributed by atoms with Gasteiger partial charge in [0, 0.05) is 0 Å². The molecule has 0 saturated heterocycles. The number of hydrogen-bond acceptors (Lipinski definition) is 0. The molecule has 0 N–H and O–H groups in total. The van der Waals surface area contributed by atoms with Gasteiger partial charge in [0.05, 0.1) is 0 Å². The van der Waals surface area contributed by atoms with Crippen LogP contribution in [-0.4, -0.2) is 15.2 Å². The molecular weight excluding hydrogens is 195 g/mol. The molecule has 0 heterocycles. The van der Waals surface area contributed by atoms with Gasteiger partial charge >= 0.3 is 15.2 Å². The fourth-order valence-electron chi connectivity index (χ4n) is 1.65. The van der Waals surface area contributed by atoms with Crippen molar-refractivity contribution >= 4 is 24.1 Å². The van der Waals surface area contributed by atoms with Crippen molar-refractivity contribution in [3.05, 3.63) is 59.7 Å². The monoisotopic (exact) mass is 210 g/mol. The lowest BCUT2D eigenvalue weighted by Gasteiger charge is -2.01. The van der Waals surface area contributed by atoms with Crippen LogP contribution in [0.15, 0.2) is 48.5 Å². The van der Waals surface area contributed by atoms with Gasteiger partial charge in [0.15, 0.2) is 0 Å². The summed E-state index contributed by atoms with van der Waals surface area (Å²) in [5.74, 6) is 0.